The predicted octanol–water partition coefficient (Wildman–Crippen LogP) is 4.27. The molecule has 26 heavy (non-hydrogen) atoms. The molecule has 0 amide bonds. The molecule has 0 fully saturated rings. The molecule has 0 radical (unpaired) electrons. The minimum Gasteiger partial charge on any atom is -0.334 e. The molecular formula is C19H19ClN6. The molecule has 4 rings (SSSR count). The number of hydrogen-bond donors (Lipinski definition) is 0. The van der Waals surface area contributed by atoms with Crippen molar-refractivity contribution < 1.29 is 0 Å². The number of hydrogen-bond acceptors (Lipinski definition) is 4. The first-order valence-corrected chi connectivity index (χ1v) is 8.79. The smallest absolute Gasteiger partial charge is 0.136 e. The maximum absolute atomic E-state index is 6.00. The quantitative estimate of drug-likeness (QED) is 0.541. The topological polar surface area (TPSA) is 51.8 Å². The molecule has 132 valence electrons. The summed E-state index contributed by atoms with van der Waals surface area (Å²) in [5, 5.41) is 5.45. The Labute approximate surface area is 156 Å². The van der Waals surface area contributed by atoms with Crippen LogP contribution in [0.4, 0.5) is 11.6 Å². The summed E-state index contributed by atoms with van der Waals surface area (Å²) in [4.78, 5) is 10.9. The zero-order valence-electron chi connectivity index (χ0n) is 14.9. The molecule has 0 saturated heterocycles. The molecule has 0 aliphatic carbocycles. The van der Waals surface area contributed by atoms with Gasteiger partial charge in [0.1, 0.15) is 17.2 Å². The van der Waals surface area contributed by atoms with Gasteiger partial charge in [0.2, 0.25) is 0 Å². The van der Waals surface area contributed by atoms with Crippen molar-refractivity contribution in [2.75, 3.05) is 11.9 Å². The van der Waals surface area contributed by atoms with Crippen molar-refractivity contribution in [1.82, 2.24) is 24.3 Å². The molecule has 0 bridgehead atoms. The molecule has 0 spiro atoms. The van der Waals surface area contributed by atoms with Crippen molar-refractivity contribution in [2.45, 2.75) is 13.5 Å². The van der Waals surface area contributed by atoms with Crippen molar-refractivity contribution in [3.05, 3.63) is 53.9 Å². The van der Waals surface area contributed by atoms with Gasteiger partial charge in [-0.25, -0.2) is 14.6 Å². The van der Waals surface area contributed by atoms with E-state index in [1.54, 1.807) is 12.5 Å². The highest BCUT2D eigenvalue weighted by Crippen LogP contribution is 2.29. The Morgan fingerprint density at radius 2 is 1.88 bits per heavy atom. The van der Waals surface area contributed by atoms with Crippen LogP contribution >= 0.6 is 11.6 Å². The lowest BCUT2D eigenvalue weighted by molar-refractivity contribution is 0.660. The van der Waals surface area contributed by atoms with Crippen LogP contribution in [-0.2, 0) is 13.6 Å². The molecule has 0 saturated carbocycles. The molecule has 0 unspecified atom stereocenters. The SMILES string of the molecule is CCn1nc(-c2ccc(Cl)cc2)cc1N(C)c1cc2c(cn1)ncn2C. The molecule has 6 nitrogen and oxygen atoms in total. The summed E-state index contributed by atoms with van der Waals surface area (Å²) < 4.78 is 3.96. The molecule has 0 aliphatic rings. The van der Waals surface area contributed by atoms with Gasteiger partial charge >= 0.3 is 0 Å². The van der Waals surface area contributed by atoms with Gasteiger partial charge in [0.25, 0.3) is 0 Å². The number of benzene rings is 1. The number of halogens is 1. The molecule has 4 aromatic rings. The molecule has 0 atom stereocenters. The van der Waals surface area contributed by atoms with E-state index in [4.69, 9.17) is 16.7 Å². The van der Waals surface area contributed by atoms with Crippen molar-refractivity contribution in [3.8, 4) is 11.3 Å². The highest BCUT2D eigenvalue weighted by molar-refractivity contribution is 6.30. The monoisotopic (exact) mass is 366 g/mol. The van der Waals surface area contributed by atoms with Gasteiger partial charge in [-0.15, -0.1) is 0 Å². The fraction of sp³-hybridized carbons (Fsp3) is 0.211. The number of rotatable bonds is 4. The summed E-state index contributed by atoms with van der Waals surface area (Å²) >= 11 is 6.00. The highest BCUT2D eigenvalue weighted by Gasteiger charge is 2.15. The van der Waals surface area contributed by atoms with E-state index in [9.17, 15) is 0 Å². The third-order valence-corrected chi connectivity index (χ3v) is 4.73. The van der Waals surface area contributed by atoms with Crippen LogP contribution in [0.5, 0.6) is 0 Å². The highest BCUT2D eigenvalue weighted by atomic mass is 35.5. The summed E-state index contributed by atoms with van der Waals surface area (Å²) in [7, 11) is 3.98. The second kappa shape index (κ2) is 6.46. The molecule has 3 aromatic heterocycles. The predicted molar refractivity (Wildman–Crippen MR) is 105 cm³/mol. The Hall–Kier alpha value is -2.86. The number of fused-ring (bicyclic) bond motifs is 1. The van der Waals surface area contributed by atoms with E-state index in [0.717, 1.165) is 45.5 Å². The number of aryl methyl sites for hydroxylation is 2. The molecule has 1 aromatic carbocycles. The molecular weight excluding hydrogens is 348 g/mol. The van der Waals surface area contributed by atoms with Crippen LogP contribution < -0.4 is 4.90 Å². The second-order valence-electron chi connectivity index (χ2n) is 6.16. The Balaban J connectivity index is 1.75. The number of anilines is 2. The number of nitrogens with zero attached hydrogens (tertiary/aromatic N) is 6. The summed E-state index contributed by atoms with van der Waals surface area (Å²) in [5.41, 5.74) is 3.87. The van der Waals surface area contributed by atoms with Gasteiger partial charge in [0, 0.05) is 43.4 Å². The van der Waals surface area contributed by atoms with Crippen LogP contribution in [0.2, 0.25) is 5.02 Å². The van der Waals surface area contributed by atoms with Gasteiger partial charge < -0.3 is 9.47 Å². The molecule has 7 heteroatoms. The minimum absolute atomic E-state index is 0.717. The van der Waals surface area contributed by atoms with E-state index in [-0.39, 0.29) is 0 Å². The lowest BCUT2D eigenvalue weighted by Crippen LogP contribution is -2.16. The van der Waals surface area contributed by atoms with Crippen molar-refractivity contribution in [1.29, 1.82) is 0 Å². The third-order valence-electron chi connectivity index (χ3n) is 4.48. The molecule has 0 N–H and O–H groups in total. The van der Waals surface area contributed by atoms with E-state index in [2.05, 4.69) is 23.0 Å². The lowest BCUT2D eigenvalue weighted by atomic mass is 10.1. The largest absolute Gasteiger partial charge is 0.334 e. The summed E-state index contributed by atoms with van der Waals surface area (Å²) in [6.45, 7) is 2.84. The summed E-state index contributed by atoms with van der Waals surface area (Å²) in [6.07, 6.45) is 3.60. The van der Waals surface area contributed by atoms with E-state index >= 15 is 0 Å². The van der Waals surface area contributed by atoms with Crippen molar-refractivity contribution in [2.24, 2.45) is 7.05 Å². The van der Waals surface area contributed by atoms with E-state index in [1.807, 2.05) is 58.6 Å². The van der Waals surface area contributed by atoms with Gasteiger partial charge in [-0.2, -0.15) is 5.10 Å². The van der Waals surface area contributed by atoms with Gasteiger partial charge in [0.15, 0.2) is 0 Å². The van der Waals surface area contributed by atoms with Crippen LogP contribution in [-0.4, -0.2) is 31.4 Å². The van der Waals surface area contributed by atoms with E-state index < -0.39 is 0 Å². The normalized spacial score (nSPS) is 11.2. The zero-order valence-corrected chi connectivity index (χ0v) is 15.6. The Morgan fingerprint density at radius 3 is 2.62 bits per heavy atom. The van der Waals surface area contributed by atoms with Crippen LogP contribution in [0.3, 0.4) is 0 Å². The van der Waals surface area contributed by atoms with Crippen LogP contribution in [0.25, 0.3) is 22.3 Å². The minimum atomic E-state index is 0.717. The van der Waals surface area contributed by atoms with Gasteiger partial charge in [-0.3, -0.25) is 0 Å². The molecule has 3 heterocycles. The lowest BCUT2D eigenvalue weighted by Gasteiger charge is -2.18. The van der Waals surface area contributed by atoms with Crippen LogP contribution in [0.1, 0.15) is 6.92 Å². The standard InChI is InChI=1S/C19H19ClN6/c1-4-26-19(9-15(23-26)13-5-7-14(20)8-6-13)25(3)18-10-17-16(11-21-18)22-12-24(17)2/h5-12H,4H2,1-3H3. The first-order chi connectivity index (χ1) is 12.6. The van der Waals surface area contributed by atoms with Gasteiger partial charge in [0.05, 0.1) is 23.7 Å². The van der Waals surface area contributed by atoms with E-state index in [0.29, 0.717) is 0 Å². The fourth-order valence-corrected chi connectivity index (χ4v) is 3.12. The Bertz CT molecular complexity index is 1060. The second-order valence-corrected chi connectivity index (χ2v) is 6.59. The van der Waals surface area contributed by atoms with Crippen molar-refractivity contribution in [3.63, 3.8) is 0 Å². The molecule has 0 aliphatic heterocycles. The first-order valence-electron chi connectivity index (χ1n) is 8.41. The maximum atomic E-state index is 6.00. The average molecular weight is 367 g/mol. The first kappa shape index (κ1) is 16.6. The van der Waals surface area contributed by atoms with E-state index in [1.165, 1.54) is 0 Å². The number of imidazole rings is 1. The van der Waals surface area contributed by atoms with Crippen LogP contribution in [0.15, 0.2) is 48.9 Å². The fourth-order valence-electron chi connectivity index (χ4n) is 2.99. The Morgan fingerprint density at radius 1 is 1.12 bits per heavy atom. The summed E-state index contributed by atoms with van der Waals surface area (Å²) in [6, 6.07) is 11.8. The number of pyridine rings is 1. The Kier molecular flexibility index (Phi) is 4.12. The average Bonchev–Trinajstić information content (AvgIpc) is 3.25. The zero-order chi connectivity index (χ0) is 18.3. The van der Waals surface area contributed by atoms with Gasteiger partial charge in [-0.1, -0.05) is 23.7 Å². The van der Waals surface area contributed by atoms with Gasteiger partial charge in [-0.05, 0) is 19.1 Å². The number of aromatic nitrogens is 5. The van der Waals surface area contributed by atoms with Crippen molar-refractivity contribution >= 4 is 34.3 Å². The maximum Gasteiger partial charge on any atom is 0.136 e. The van der Waals surface area contributed by atoms with Crippen LogP contribution in [0, 0.1) is 0 Å². The third kappa shape index (κ3) is 2.82. The summed E-state index contributed by atoms with van der Waals surface area (Å²) in [5.74, 6) is 1.82.